The number of likely N-dealkylation sites (tertiary alicyclic amines) is 1. The second-order valence-electron chi connectivity index (χ2n) is 5.92. The number of piperidine rings is 1. The lowest BCUT2D eigenvalue weighted by molar-refractivity contribution is -0.151. The van der Waals surface area contributed by atoms with Gasteiger partial charge in [0.2, 0.25) is 0 Å². The van der Waals surface area contributed by atoms with Crippen LogP contribution in [0.2, 0.25) is 0 Å². The molecule has 0 spiro atoms. The van der Waals surface area contributed by atoms with E-state index in [1.807, 2.05) is 0 Å². The summed E-state index contributed by atoms with van der Waals surface area (Å²) >= 11 is 0. The molecule has 0 aromatic carbocycles. The number of hydrogen-bond donors (Lipinski definition) is 2. The van der Waals surface area contributed by atoms with Crippen molar-refractivity contribution in [2.24, 2.45) is 11.3 Å². The Morgan fingerprint density at radius 2 is 2.14 bits per heavy atom. The summed E-state index contributed by atoms with van der Waals surface area (Å²) in [6.45, 7) is 4.34. The molecule has 114 valence electrons. The summed E-state index contributed by atoms with van der Waals surface area (Å²) in [5, 5.41) is 15.3. The van der Waals surface area contributed by atoms with Crippen molar-refractivity contribution in [3.63, 3.8) is 0 Å². The molecule has 0 saturated carbocycles. The Kier molecular flexibility index (Phi) is 4.11. The molecule has 1 atom stereocenters. The molecule has 0 bridgehead atoms. The fraction of sp³-hybridized carbons (Fsp3) is 0.571. The van der Waals surface area contributed by atoms with Crippen LogP contribution in [0.4, 0.5) is 0 Å². The van der Waals surface area contributed by atoms with Gasteiger partial charge in [-0.3, -0.25) is 14.4 Å². The molecule has 0 aliphatic carbocycles. The number of amides is 1. The molecule has 1 saturated heterocycles. The average Bonchev–Trinajstić information content (AvgIpc) is 2.47. The van der Waals surface area contributed by atoms with Crippen molar-refractivity contribution in [1.82, 2.24) is 15.1 Å². The van der Waals surface area contributed by atoms with Gasteiger partial charge in [0.1, 0.15) is 5.69 Å². The molecule has 7 heteroatoms. The van der Waals surface area contributed by atoms with Crippen LogP contribution in [-0.4, -0.2) is 45.2 Å². The first-order valence-electron chi connectivity index (χ1n) is 6.91. The van der Waals surface area contributed by atoms with E-state index >= 15 is 0 Å². The van der Waals surface area contributed by atoms with Crippen molar-refractivity contribution < 1.29 is 14.7 Å². The van der Waals surface area contributed by atoms with Crippen LogP contribution in [0.5, 0.6) is 0 Å². The lowest BCUT2D eigenvalue weighted by Crippen LogP contribution is -2.47. The van der Waals surface area contributed by atoms with E-state index in [-0.39, 0.29) is 23.1 Å². The molecule has 1 unspecified atom stereocenters. The van der Waals surface area contributed by atoms with E-state index in [1.165, 1.54) is 12.1 Å². The van der Waals surface area contributed by atoms with Gasteiger partial charge in [-0.15, -0.1) is 0 Å². The van der Waals surface area contributed by atoms with E-state index in [1.54, 1.807) is 18.7 Å². The topological polar surface area (TPSA) is 103 Å². The smallest absolute Gasteiger partial charge is 0.309 e. The maximum Gasteiger partial charge on any atom is 0.309 e. The molecule has 1 aliphatic heterocycles. The highest BCUT2D eigenvalue weighted by atomic mass is 16.4. The van der Waals surface area contributed by atoms with E-state index in [2.05, 4.69) is 10.2 Å². The fourth-order valence-electron chi connectivity index (χ4n) is 2.55. The van der Waals surface area contributed by atoms with Crippen molar-refractivity contribution in [2.45, 2.75) is 26.7 Å². The molecule has 2 rings (SSSR count). The van der Waals surface area contributed by atoms with Gasteiger partial charge in [-0.2, -0.15) is 5.10 Å². The highest BCUT2D eigenvalue weighted by Gasteiger charge is 2.40. The number of aliphatic carboxylic acids is 1. The predicted molar refractivity (Wildman–Crippen MR) is 74.9 cm³/mol. The van der Waals surface area contributed by atoms with Gasteiger partial charge in [0.15, 0.2) is 0 Å². The number of nitrogens with one attached hydrogen (secondary N) is 1. The summed E-state index contributed by atoms with van der Waals surface area (Å²) in [5.74, 6) is -1.24. The van der Waals surface area contributed by atoms with Crippen molar-refractivity contribution in [1.29, 1.82) is 0 Å². The lowest BCUT2D eigenvalue weighted by Gasteiger charge is -2.39. The molecule has 2 N–H and O–H groups in total. The molecule has 1 aliphatic rings. The monoisotopic (exact) mass is 293 g/mol. The van der Waals surface area contributed by atoms with Crippen LogP contribution in [-0.2, 0) is 4.79 Å². The van der Waals surface area contributed by atoms with Crippen molar-refractivity contribution >= 4 is 11.9 Å². The number of rotatable bonds is 3. The van der Waals surface area contributed by atoms with E-state index < -0.39 is 11.4 Å². The lowest BCUT2D eigenvalue weighted by atomic mass is 9.74. The van der Waals surface area contributed by atoms with Crippen LogP contribution in [0.3, 0.4) is 0 Å². The predicted octanol–water partition coefficient (Wildman–Crippen LogP) is 0.733. The van der Waals surface area contributed by atoms with Crippen LogP contribution in [0.25, 0.3) is 0 Å². The number of carbonyl (C=O) groups excluding carboxylic acids is 1. The van der Waals surface area contributed by atoms with Crippen molar-refractivity contribution in [2.75, 3.05) is 13.1 Å². The quantitative estimate of drug-likeness (QED) is 0.855. The highest BCUT2D eigenvalue weighted by molar-refractivity contribution is 5.92. The highest BCUT2D eigenvalue weighted by Crippen LogP contribution is 2.34. The summed E-state index contributed by atoms with van der Waals surface area (Å²) in [6.07, 6.45) is 1.54. The number of carbonyl (C=O) groups is 2. The summed E-state index contributed by atoms with van der Waals surface area (Å²) < 4.78 is 0. The van der Waals surface area contributed by atoms with Crippen LogP contribution in [0, 0.1) is 11.3 Å². The first-order valence-corrected chi connectivity index (χ1v) is 6.91. The van der Waals surface area contributed by atoms with Crippen molar-refractivity contribution in [3.8, 4) is 0 Å². The second kappa shape index (κ2) is 5.67. The zero-order valence-corrected chi connectivity index (χ0v) is 12.1. The standard InChI is InChI=1S/C14H19N3O4/c1-14(2,13(20)21)9-4-3-7-17(8-9)12(19)10-5-6-11(18)16-15-10/h5-6,9H,3-4,7-8H2,1-2H3,(H,16,18)(H,20,21). The number of carboxylic acids is 1. The van der Waals surface area contributed by atoms with Gasteiger partial charge in [-0.25, -0.2) is 5.10 Å². The molecule has 1 amide bonds. The van der Waals surface area contributed by atoms with Crippen LogP contribution >= 0.6 is 0 Å². The van der Waals surface area contributed by atoms with Crippen LogP contribution in [0.15, 0.2) is 16.9 Å². The molecule has 1 aromatic heterocycles. The van der Waals surface area contributed by atoms with Gasteiger partial charge in [0.25, 0.3) is 11.5 Å². The summed E-state index contributed by atoms with van der Waals surface area (Å²) in [4.78, 5) is 36.3. The molecular formula is C14H19N3O4. The van der Waals surface area contributed by atoms with Gasteiger partial charge < -0.3 is 10.0 Å². The maximum atomic E-state index is 12.3. The Bertz CT molecular complexity index is 588. The van der Waals surface area contributed by atoms with Gasteiger partial charge in [0.05, 0.1) is 5.41 Å². The van der Waals surface area contributed by atoms with E-state index in [9.17, 15) is 19.5 Å². The number of carboxylic acid groups (broad SMARTS) is 1. The zero-order valence-electron chi connectivity index (χ0n) is 12.1. The zero-order chi connectivity index (χ0) is 15.6. The minimum atomic E-state index is -0.878. The normalized spacial score (nSPS) is 19.3. The number of aromatic nitrogens is 2. The van der Waals surface area contributed by atoms with Gasteiger partial charge in [-0.05, 0) is 38.7 Å². The number of H-pyrrole nitrogens is 1. The first kappa shape index (κ1) is 15.2. The third kappa shape index (κ3) is 3.12. The largest absolute Gasteiger partial charge is 0.481 e. The minimum Gasteiger partial charge on any atom is -0.481 e. The Morgan fingerprint density at radius 3 is 2.71 bits per heavy atom. The average molecular weight is 293 g/mol. The molecule has 7 nitrogen and oxygen atoms in total. The summed E-state index contributed by atoms with van der Waals surface area (Å²) in [6, 6.07) is 2.63. The van der Waals surface area contributed by atoms with Crippen molar-refractivity contribution in [3.05, 3.63) is 28.2 Å². The molecule has 1 fully saturated rings. The van der Waals surface area contributed by atoms with E-state index in [4.69, 9.17) is 0 Å². The molecule has 1 aromatic rings. The van der Waals surface area contributed by atoms with Gasteiger partial charge in [0, 0.05) is 19.2 Å². The van der Waals surface area contributed by atoms with E-state index in [0.717, 1.165) is 12.8 Å². The SMILES string of the molecule is CC(C)(C(=O)O)C1CCCN(C(=O)c2ccc(=O)[nH]n2)C1. The number of aromatic amines is 1. The Balaban J connectivity index is 2.14. The molecule has 0 radical (unpaired) electrons. The Hall–Kier alpha value is -2.18. The molecule has 2 heterocycles. The Labute approximate surface area is 122 Å². The van der Waals surface area contributed by atoms with E-state index in [0.29, 0.717) is 13.1 Å². The first-order chi connectivity index (χ1) is 9.82. The minimum absolute atomic E-state index is 0.101. The van der Waals surface area contributed by atoms with Gasteiger partial charge in [-0.1, -0.05) is 0 Å². The summed E-state index contributed by atoms with van der Waals surface area (Å²) in [5.41, 5.74) is -1.07. The number of nitrogens with zero attached hydrogens (tertiary/aromatic N) is 2. The van der Waals surface area contributed by atoms with Crippen LogP contribution < -0.4 is 5.56 Å². The fourth-order valence-corrected chi connectivity index (χ4v) is 2.55. The number of hydrogen-bond acceptors (Lipinski definition) is 4. The maximum absolute atomic E-state index is 12.3. The van der Waals surface area contributed by atoms with Crippen LogP contribution in [0.1, 0.15) is 37.2 Å². The Morgan fingerprint density at radius 1 is 1.43 bits per heavy atom. The second-order valence-corrected chi connectivity index (χ2v) is 5.92. The molecular weight excluding hydrogens is 274 g/mol. The molecule has 21 heavy (non-hydrogen) atoms. The third-order valence-corrected chi connectivity index (χ3v) is 4.18. The summed E-state index contributed by atoms with van der Waals surface area (Å²) in [7, 11) is 0. The van der Waals surface area contributed by atoms with Gasteiger partial charge >= 0.3 is 5.97 Å². The third-order valence-electron chi connectivity index (χ3n) is 4.18.